The second kappa shape index (κ2) is 6.39. The van der Waals surface area contributed by atoms with E-state index in [1.165, 1.54) is 22.3 Å². The summed E-state index contributed by atoms with van der Waals surface area (Å²) in [7, 11) is 1.71. The molecule has 0 bridgehead atoms. The number of ether oxygens (including phenoxy) is 1. The van der Waals surface area contributed by atoms with Crippen LogP contribution in [0.25, 0.3) is 0 Å². The minimum absolute atomic E-state index is 0.874. The number of hydrogen-bond acceptors (Lipinski definition) is 2. The molecule has 0 radical (unpaired) electrons. The highest BCUT2D eigenvalue weighted by molar-refractivity contribution is 5.36. The first-order valence-electron chi connectivity index (χ1n) is 6.59. The molecule has 2 aromatic carbocycles. The fourth-order valence-corrected chi connectivity index (χ4v) is 2.20. The molecular weight excluding hydrogens is 234 g/mol. The molecule has 2 nitrogen and oxygen atoms in total. The molecule has 0 heterocycles. The normalized spacial score (nSPS) is 10.5. The van der Waals surface area contributed by atoms with Crippen LogP contribution in [0.2, 0.25) is 0 Å². The molecule has 0 saturated heterocycles. The van der Waals surface area contributed by atoms with Crippen LogP contribution in [0.15, 0.2) is 42.5 Å². The third kappa shape index (κ3) is 3.58. The monoisotopic (exact) mass is 255 g/mol. The summed E-state index contributed by atoms with van der Waals surface area (Å²) in [5.74, 6) is 0.947. The number of benzene rings is 2. The molecule has 0 aromatic heterocycles. The summed E-state index contributed by atoms with van der Waals surface area (Å²) in [5.41, 5.74) is 5.15. The quantitative estimate of drug-likeness (QED) is 0.881. The van der Waals surface area contributed by atoms with Gasteiger partial charge in [-0.25, -0.2) is 0 Å². The second-order valence-corrected chi connectivity index (χ2v) is 4.83. The molecule has 0 amide bonds. The van der Waals surface area contributed by atoms with Gasteiger partial charge in [0.1, 0.15) is 5.75 Å². The number of hydrogen-bond donors (Lipinski definition) is 1. The van der Waals surface area contributed by atoms with Gasteiger partial charge in [-0.05, 0) is 42.2 Å². The first-order valence-corrected chi connectivity index (χ1v) is 6.59. The van der Waals surface area contributed by atoms with Crippen LogP contribution in [0, 0.1) is 13.8 Å². The molecule has 2 aromatic rings. The number of aryl methyl sites for hydroxylation is 2. The zero-order valence-corrected chi connectivity index (χ0v) is 11.9. The van der Waals surface area contributed by atoms with E-state index in [-0.39, 0.29) is 0 Å². The van der Waals surface area contributed by atoms with Gasteiger partial charge in [-0.1, -0.05) is 36.4 Å². The molecule has 0 aliphatic rings. The minimum atomic E-state index is 0.874. The molecule has 19 heavy (non-hydrogen) atoms. The molecule has 100 valence electrons. The van der Waals surface area contributed by atoms with E-state index in [1.54, 1.807) is 7.11 Å². The van der Waals surface area contributed by atoms with Gasteiger partial charge in [0.05, 0.1) is 7.11 Å². The van der Waals surface area contributed by atoms with Gasteiger partial charge >= 0.3 is 0 Å². The summed E-state index contributed by atoms with van der Waals surface area (Å²) in [5, 5.41) is 3.48. The Labute approximate surface area is 115 Å². The third-order valence-corrected chi connectivity index (χ3v) is 3.37. The maximum Gasteiger partial charge on any atom is 0.121 e. The molecule has 0 saturated carbocycles. The highest BCUT2D eigenvalue weighted by Gasteiger charge is 2.00. The Hall–Kier alpha value is -1.80. The highest BCUT2D eigenvalue weighted by atomic mass is 16.5. The third-order valence-electron chi connectivity index (χ3n) is 3.37. The lowest BCUT2D eigenvalue weighted by Gasteiger charge is -2.10. The van der Waals surface area contributed by atoms with Gasteiger partial charge in [0.2, 0.25) is 0 Å². The Morgan fingerprint density at radius 1 is 0.947 bits per heavy atom. The van der Waals surface area contributed by atoms with Crippen molar-refractivity contribution < 1.29 is 4.74 Å². The maximum absolute atomic E-state index is 5.27. The van der Waals surface area contributed by atoms with Crippen LogP contribution < -0.4 is 10.1 Å². The van der Waals surface area contributed by atoms with Gasteiger partial charge in [-0.2, -0.15) is 0 Å². The van der Waals surface area contributed by atoms with Crippen molar-refractivity contribution in [2.75, 3.05) is 7.11 Å². The van der Waals surface area contributed by atoms with Crippen LogP contribution in [-0.2, 0) is 13.1 Å². The zero-order valence-electron chi connectivity index (χ0n) is 11.9. The van der Waals surface area contributed by atoms with E-state index in [4.69, 9.17) is 4.74 Å². The van der Waals surface area contributed by atoms with E-state index in [9.17, 15) is 0 Å². The largest absolute Gasteiger partial charge is 0.496 e. The SMILES string of the molecule is COc1ccc(CNCc2ccccc2C)cc1C. The second-order valence-electron chi connectivity index (χ2n) is 4.83. The summed E-state index contributed by atoms with van der Waals surface area (Å²) in [6.45, 7) is 6.00. The highest BCUT2D eigenvalue weighted by Crippen LogP contribution is 2.18. The number of rotatable bonds is 5. The van der Waals surface area contributed by atoms with Gasteiger partial charge in [-0.3, -0.25) is 0 Å². The van der Waals surface area contributed by atoms with E-state index in [2.05, 4.69) is 55.6 Å². The predicted octanol–water partition coefficient (Wildman–Crippen LogP) is 3.60. The van der Waals surface area contributed by atoms with E-state index in [1.807, 2.05) is 6.07 Å². The lowest BCUT2D eigenvalue weighted by Crippen LogP contribution is -2.13. The molecule has 0 fully saturated rings. The molecule has 0 aliphatic heterocycles. The minimum Gasteiger partial charge on any atom is -0.496 e. The molecule has 2 rings (SSSR count). The number of methoxy groups -OCH3 is 1. The van der Waals surface area contributed by atoms with E-state index >= 15 is 0 Å². The fourth-order valence-electron chi connectivity index (χ4n) is 2.20. The van der Waals surface area contributed by atoms with Crippen molar-refractivity contribution in [2.45, 2.75) is 26.9 Å². The van der Waals surface area contributed by atoms with Crippen molar-refractivity contribution in [3.05, 3.63) is 64.7 Å². The first kappa shape index (κ1) is 13.6. The van der Waals surface area contributed by atoms with Crippen LogP contribution in [0.3, 0.4) is 0 Å². The van der Waals surface area contributed by atoms with Gasteiger partial charge in [0.25, 0.3) is 0 Å². The Kier molecular flexibility index (Phi) is 4.58. The Balaban J connectivity index is 1.93. The Morgan fingerprint density at radius 2 is 1.74 bits per heavy atom. The molecular formula is C17H21NO. The summed E-state index contributed by atoms with van der Waals surface area (Å²) < 4.78 is 5.27. The fraction of sp³-hybridized carbons (Fsp3) is 0.294. The van der Waals surface area contributed by atoms with Crippen LogP contribution in [0.4, 0.5) is 0 Å². The molecule has 0 atom stereocenters. The molecule has 0 unspecified atom stereocenters. The average molecular weight is 255 g/mol. The molecule has 0 spiro atoms. The predicted molar refractivity (Wildman–Crippen MR) is 79.5 cm³/mol. The molecule has 1 N–H and O–H groups in total. The van der Waals surface area contributed by atoms with Crippen molar-refractivity contribution in [3.63, 3.8) is 0 Å². The van der Waals surface area contributed by atoms with Crippen molar-refractivity contribution >= 4 is 0 Å². The zero-order chi connectivity index (χ0) is 13.7. The number of nitrogens with one attached hydrogen (secondary N) is 1. The van der Waals surface area contributed by atoms with Crippen LogP contribution in [0.5, 0.6) is 5.75 Å². The van der Waals surface area contributed by atoms with Gasteiger partial charge in [-0.15, -0.1) is 0 Å². The topological polar surface area (TPSA) is 21.3 Å². The molecule has 0 aliphatic carbocycles. The maximum atomic E-state index is 5.27. The van der Waals surface area contributed by atoms with Crippen molar-refractivity contribution in [1.82, 2.24) is 5.32 Å². The van der Waals surface area contributed by atoms with Crippen molar-refractivity contribution in [1.29, 1.82) is 0 Å². The Morgan fingerprint density at radius 3 is 2.42 bits per heavy atom. The standard InChI is InChI=1S/C17H21NO/c1-13-6-4-5-7-16(13)12-18-11-15-8-9-17(19-3)14(2)10-15/h4-10,18H,11-12H2,1-3H3. The van der Waals surface area contributed by atoms with E-state index < -0.39 is 0 Å². The van der Waals surface area contributed by atoms with Crippen molar-refractivity contribution in [3.8, 4) is 5.75 Å². The summed E-state index contributed by atoms with van der Waals surface area (Å²) >= 11 is 0. The van der Waals surface area contributed by atoms with Crippen LogP contribution in [0.1, 0.15) is 22.3 Å². The van der Waals surface area contributed by atoms with Crippen LogP contribution in [-0.4, -0.2) is 7.11 Å². The summed E-state index contributed by atoms with van der Waals surface area (Å²) in [6, 6.07) is 14.8. The Bertz CT molecular complexity index is 549. The van der Waals surface area contributed by atoms with E-state index in [0.29, 0.717) is 0 Å². The average Bonchev–Trinajstić information content (AvgIpc) is 2.41. The first-order chi connectivity index (χ1) is 9.20. The van der Waals surface area contributed by atoms with Crippen LogP contribution >= 0.6 is 0 Å². The van der Waals surface area contributed by atoms with Gasteiger partial charge < -0.3 is 10.1 Å². The summed E-state index contributed by atoms with van der Waals surface area (Å²) in [6.07, 6.45) is 0. The van der Waals surface area contributed by atoms with E-state index in [0.717, 1.165) is 18.8 Å². The summed E-state index contributed by atoms with van der Waals surface area (Å²) in [4.78, 5) is 0. The lowest BCUT2D eigenvalue weighted by atomic mass is 10.1. The van der Waals surface area contributed by atoms with Gasteiger partial charge in [0.15, 0.2) is 0 Å². The smallest absolute Gasteiger partial charge is 0.121 e. The van der Waals surface area contributed by atoms with Crippen molar-refractivity contribution in [2.24, 2.45) is 0 Å². The lowest BCUT2D eigenvalue weighted by molar-refractivity contribution is 0.411. The van der Waals surface area contributed by atoms with Gasteiger partial charge in [0, 0.05) is 13.1 Å². The molecule has 2 heteroatoms.